The number of piperazine rings is 1. The summed E-state index contributed by atoms with van der Waals surface area (Å²) in [5, 5.41) is 7.28. The number of amides is 1. The van der Waals surface area contributed by atoms with Crippen molar-refractivity contribution < 1.29 is 13.9 Å². The second kappa shape index (κ2) is 11.4. The van der Waals surface area contributed by atoms with Gasteiger partial charge in [0.1, 0.15) is 23.7 Å². The molecular formula is C32H35FN8O2. The summed E-state index contributed by atoms with van der Waals surface area (Å²) >= 11 is 0. The van der Waals surface area contributed by atoms with Gasteiger partial charge >= 0.3 is 0 Å². The lowest BCUT2D eigenvalue weighted by molar-refractivity contribution is 0.0928. The largest absolute Gasteiger partial charge is 0.492 e. The van der Waals surface area contributed by atoms with Crippen LogP contribution in [0.5, 0.6) is 5.75 Å². The molecule has 2 fully saturated rings. The van der Waals surface area contributed by atoms with Crippen LogP contribution in [0.2, 0.25) is 0 Å². The number of aromatic nitrogens is 5. The second-order valence-corrected chi connectivity index (χ2v) is 11.6. The van der Waals surface area contributed by atoms with E-state index in [9.17, 15) is 4.79 Å². The molecule has 1 unspecified atom stereocenters. The number of likely N-dealkylation sites (N-methyl/N-ethyl adjacent to an activating group) is 1. The van der Waals surface area contributed by atoms with Crippen LogP contribution in [0.25, 0.3) is 16.6 Å². The van der Waals surface area contributed by atoms with E-state index in [1.54, 1.807) is 33.5 Å². The zero-order valence-electron chi connectivity index (χ0n) is 24.4. The van der Waals surface area contributed by atoms with Crippen molar-refractivity contribution >= 4 is 28.1 Å². The fourth-order valence-corrected chi connectivity index (χ4v) is 5.78. The van der Waals surface area contributed by atoms with E-state index >= 15 is 4.39 Å². The molecule has 0 bridgehead atoms. The molecule has 1 aliphatic carbocycles. The number of nitrogens with one attached hydrogen (secondary N) is 1. The van der Waals surface area contributed by atoms with Gasteiger partial charge in [0.2, 0.25) is 5.95 Å². The number of nitrogens with zero attached hydrogens (tertiary/aromatic N) is 7. The summed E-state index contributed by atoms with van der Waals surface area (Å²) in [7, 11) is 2.16. The van der Waals surface area contributed by atoms with E-state index < -0.39 is 11.9 Å². The first-order valence-electron chi connectivity index (χ1n) is 14.9. The molecule has 43 heavy (non-hydrogen) atoms. The summed E-state index contributed by atoms with van der Waals surface area (Å²) in [6.07, 6.45) is 5.61. The minimum atomic E-state index is -0.643. The van der Waals surface area contributed by atoms with Gasteiger partial charge in [0.05, 0.1) is 35.0 Å². The van der Waals surface area contributed by atoms with Crippen molar-refractivity contribution in [3.63, 3.8) is 0 Å². The van der Waals surface area contributed by atoms with Crippen LogP contribution < -0.4 is 10.1 Å². The monoisotopic (exact) mass is 582 g/mol. The number of benzene rings is 1. The number of ether oxygens (including phenoxy) is 1. The number of hydrogen-bond acceptors (Lipinski definition) is 7. The number of carbonyl (C=O) groups excluding carboxylic acids is 1. The summed E-state index contributed by atoms with van der Waals surface area (Å²) in [5.41, 5.74) is 3.76. The van der Waals surface area contributed by atoms with E-state index in [4.69, 9.17) is 9.72 Å². The Hall–Kier alpha value is -4.35. The van der Waals surface area contributed by atoms with Crippen molar-refractivity contribution in [1.82, 2.24) is 33.9 Å². The van der Waals surface area contributed by atoms with Gasteiger partial charge in [-0.1, -0.05) is 12.1 Å². The summed E-state index contributed by atoms with van der Waals surface area (Å²) < 4.78 is 24.5. The summed E-state index contributed by atoms with van der Waals surface area (Å²) in [4.78, 5) is 27.3. The van der Waals surface area contributed by atoms with Crippen molar-refractivity contribution in [3.05, 3.63) is 84.0 Å². The van der Waals surface area contributed by atoms with Crippen LogP contribution in [-0.4, -0.2) is 85.7 Å². The van der Waals surface area contributed by atoms with Gasteiger partial charge < -0.3 is 15.0 Å². The lowest BCUT2D eigenvalue weighted by Crippen LogP contribution is -2.50. The summed E-state index contributed by atoms with van der Waals surface area (Å²) in [5.74, 6) is 0.186. The fourth-order valence-electron chi connectivity index (χ4n) is 5.78. The minimum absolute atomic E-state index is 0.258. The molecule has 1 aromatic carbocycles. The molecule has 1 N–H and O–H groups in total. The van der Waals surface area contributed by atoms with Crippen LogP contribution in [0.3, 0.4) is 0 Å². The first-order chi connectivity index (χ1) is 20.9. The van der Waals surface area contributed by atoms with Gasteiger partial charge in [0, 0.05) is 56.1 Å². The molecule has 7 rings (SSSR count). The predicted octanol–water partition coefficient (Wildman–Crippen LogP) is 4.41. The Morgan fingerprint density at radius 3 is 2.84 bits per heavy atom. The number of anilines is 1. The number of pyridine rings is 2. The van der Waals surface area contributed by atoms with Crippen molar-refractivity contribution in [2.75, 3.05) is 45.2 Å². The molecule has 1 atom stereocenters. The molecule has 10 nitrogen and oxygen atoms in total. The van der Waals surface area contributed by atoms with E-state index in [2.05, 4.69) is 39.2 Å². The van der Waals surface area contributed by atoms with Crippen LogP contribution in [0.4, 0.5) is 10.1 Å². The van der Waals surface area contributed by atoms with Crippen molar-refractivity contribution in [3.8, 4) is 5.75 Å². The van der Waals surface area contributed by atoms with E-state index in [1.807, 2.05) is 30.3 Å². The highest BCUT2D eigenvalue weighted by atomic mass is 19.1. The number of rotatable bonds is 9. The smallest absolute Gasteiger partial charge is 0.274 e. The standard InChI is InChI=1S/C32H35FN8O2/c1-21-19-39(14-13-38(21)2)15-16-43-24-11-12-40-28(18-34-29(40)17-24)32(42)36-26-7-4-8-27-30(26)31(33)37-41(27)20-23-5-3-6-25(35-23)22-9-10-22/h3-8,11-12,17-18,21-22H,9-10,13-16,19-20H2,1-2H3,(H,36,42). The Bertz CT molecular complexity index is 1800. The first kappa shape index (κ1) is 27.5. The molecule has 0 radical (unpaired) electrons. The molecule has 4 aromatic heterocycles. The molecule has 222 valence electrons. The maximum Gasteiger partial charge on any atom is 0.274 e. The number of halogens is 1. The lowest BCUT2D eigenvalue weighted by atomic mass is 10.2. The Labute approximate surface area is 249 Å². The molecule has 11 heteroatoms. The molecule has 5 heterocycles. The predicted molar refractivity (Wildman–Crippen MR) is 162 cm³/mol. The second-order valence-electron chi connectivity index (χ2n) is 11.6. The number of hydrogen-bond donors (Lipinski definition) is 1. The number of fused-ring (bicyclic) bond motifs is 2. The SMILES string of the molecule is CC1CN(CCOc2ccn3c(C(=O)Nc4cccc5c4c(F)nn5Cc4cccc(C5CC5)n4)cnc3c2)CCN1C. The highest BCUT2D eigenvalue weighted by Gasteiger charge is 2.25. The van der Waals surface area contributed by atoms with Crippen LogP contribution >= 0.6 is 0 Å². The molecule has 0 spiro atoms. The van der Waals surface area contributed by atoms with Gasteiger partial charge in [0.25, 0.3) is 5.91 Å². The van der Waals surface area contributed by atoms with E-state index in [1.165, 1.54) is 6.20 Å². The molecule has 5 aromatic rings. The van der Waals surface area contributed by atoms with Gasteiger partial charge in [-0.15, -0.1) is 5.10 Å². The van der Waals surface area contributed by atoms with Crippen LogP contribution in [0, 0.1) is 5.95 Å². The minimum Gasteiger partial charge on any atom is -0.492 e. The highest BCUT2D eigenvalue weighted by Crippen LogP contribution is 2.39. The van der Waals surface area contributed by atoms with Gasteiger partial charge in [-0.2, -0.15) is 4.39 Å². The van der Waals surface area contributed by atoms with E-state index in [-0.39, 0.29) is 5.39 Å². The van der Waals surface area contributed by atoms with Crippen LogP contribution in [-0.2, 0) is 6.54 Å². The highest BCUT2D eigenvalue weighted by molar-refractivity contribution is 6.08. The third-order valence-corrected chi connectivity index (χ3v) is 8.56. The van der Waals surface area contributed by atoms with Gasteiger partial charge in [-0.3, -0.25) is 23.8 Å². The zero-order chi connectivity index (χ0) is 29.5. The Kier molecular flexibility index (Phi) is 7.28. The van der Waals surface area contributed by atoms with Crippen molar-refractivity contribution in [1.29, 1.82) is 0 Å². The topological polar surface area (TPSA) is 92.8 Å². The maximum absolute atomic E-state index is 15.2. The quantitative estimate of drug-likeness (QED) is 0.275. The third-order valence-electron chi connectivity index (χ3n) is 8.56. The molecule has 1 aliphatic heterocycles. The number of imidazole rings is 1. The van der Waals surface area contributed by atoms with Gasteiger partial charge in [-0.05, 0) is 57.1 Å². The molecule has 1 saturated carbocycles. The Morgan fingerprint density at radius 1 is 1.14 bits per heavy atom. The fraction of sp³-hybridized carbons (Fsp3) is 0.375. The number of carbonyl (C=O) groups is 1. The van der Waals surface area contributed by atoms with Crippen molar-refractivity contribution in [2.24, 2.45) is 0 Å². The van der Waals surface area contributed by atoms with Gasteiger partial charge in [0.15, 0.2) is 0 Å². The van der Waals surface area contributed by atoms with E-state index in [0.29, 0.717) is 53.4 Å². The molecular weight excluding hydrogens is 547 g/mol. The lowest BCUT2D eigenvalue weighted by Gasteiger charge is -2.37. The van der Waals surface area contributed by atoms with Crippen LogP contribution in [0.15, 0.2) is 60.9 Å². The maximum atomic E-state index is 15.2. The normalized spacial score (nSPS) is 18.0. The zero-order valence-corrected chi connectivity index (χ0v) is 24.4. The molecule has 1 saturated heterocycles. The first-order valence-corrected chi connectivity index (χ1v) is 14.9. The van der Waals surface area contributed by atoms with E-state index in [0.717, 1.165) is 50.4 Å². The van der Waals surface area contributed by atoms with Crippen molar-refractivity contribution in [2.45, 2.75) is 38.3 Å². The third kappa shape index (κ3) is 5.70. The molecule has 2 aliphatic rings. The summed E-state index contributed by atoms with van der Waals surface area (Å²) in [6, 6.07) is 15.4. The Balaban J connectivity index is 1.04. The molecule has 1 amide bonds. The average molecular weight is 583 g/mol. The average Bonchev–Trinajstić information content (AvgIpc) is 3.70. The Morgan fingerprint density at radius 2 is 2.00 bits per heavy atom. The van der Waals surface area contributed by atoms with Gasteiger partial charge in [-0.25, -0.2) is 4.98 Å². The van der Waals surface area contributed by atoms with Crippen LogP contribution in [0.1, 0.15) is 47.6 Å². The summed E-state index contributed by atoms with van der Waals surface area (Å²) in [6.45, 7) is 7.13.